The Morgan fingerprint density at radius 3 is 2.47 bits per heavy atom. The first-order valence-electron chi connectivity index (χ1n) is 5.27. The average Bonchev–Trinajstić information content (AvgIpc) is 2.27. The minimum atomic E-state index is 0.794. The smallest absolute Gasteiger partial charge is 0.131 e. The molecule has 0 saturated heterocycles. The van der Waals surface area contributed by atoms with E-state index in [9.17, 15) is 0 Å². The number of thiol groups is 1. The minimum Gasteiger partial charge on any atom is -0.370 e. The highest BCUT2D eigenvalue weighted by atomic mass is 32.1. The maximum atomic E-state index is 4.14. The predicted octanol–water partition coefficient (Wildman–Crippen LogP) is 2.03. The van der Waals surface area contributed by atoms with E-state index in [0.717, 1.165) is 36.9 Å². The van der Waals surface area contributed by atoms with Crippen LogP contribution in [0, 0.1) is 0 Å². The Morgan fingerprint density at radius 1 is 1.20 bits per heavy atom. The molecule has 84 valence electrons. The van der Waals surface area contributed by atoms with Crippen LogP contribution >= 0.6 is 12.6 Å². The van der Waals surface area contributed by atoms with E-state index in [1.165, 1.54) is 6.42 Å². The summed E-state index contributed by atoms with van der Waals surface area (Å²) in [5.41, 5.74) is 0. The molecule has 2 N–H and O–H groups in total. The van der Waals surface area contributed by atoms with E-state index < -0.39 is 0 Å². The van der Waals surface area contributed by atoms with Crippen LogP contribution in [0.4, 0.5) is 11.6 Å². The van der Waals surface area contributed by atoms with Gasteiger partial charge in [-0.25, -0.2) is 9.97 Å². The molecular formula is C10H18N4S. The molecule has 0 radical (unpaired) electrons. The van der Waals surface area contributed by atoms with Crippen LogP contribution in [0.3, 0.4) is 0 Å². The number of anilines is 2. The Hall–Kier alpha value is -0.970. The molecule has 0 amide bonds. The monoisotopic (exact) mass is 226 g/mol. The van der Waals surface area contributed by atoms with Crippen molar-refractivity contribution in [3.63, 3.8) is 0 Å². The zero-order valence-corrected chi connectivity index (χ0v) is 9.93. The van der Waals surface area contributed by atoms with E-state index in [0.29, 0.717) is 0 Å². The Bertz CT molecular complexity index is 280. The fourth-order valence-corrected chi connectivity index (χ4v) is 1.24. The first-order chi connectivity index (χ1) is 7.36. The zero-order valence-electron chi connectivity index (χ0n) is 9.03. The lowest BCUT2D eigenvalue weighted by atomic mass is 10.3. The lowest BCUT2D eigenvalue weighted by Gasteiger charge is -2.07. The number of nitrogens with one attached hydrogen (secondary N) is 2. The Balaban J connectivity index is 2.42. The summed E-state index contributed by atoms with van der Waals surface area (Å²) in [5, 5.41) is 6.41. The van der Waals surface area contributed by atoms with Crippen molar-refractivity contribution in [1.82, 2.24) is 9.97 Å². The molecule has 4 nitrogen and oxygen atoms in total. The topological polar surface area (TPSA) is 49.8 Å². The number of nitrogens with zero attached hydrogens (tertiary/aromatic N) is 2. The van der Waals surface area contributed by atoms with Crippen molar-refractivity contribution < 1.29 is 0 Å². The summed E-state index contributed by atoms with van der Waals surface area (Å²) in [7, 11) is 0. The van der Waals surface area contributed by atoms with Crippen LogP contribution in [0.15, 0.2) is 12.4 Å². The molecule has 15 heavy (non-hydrogen) atoms. The predicted molar refractivity (Wildman–Crippen MR) is 67.8 cm³/mol. The van der Waals surface area contributed by atoms with Gasteiger partial charge < -0.3 is 10.6 Å². The molecule has 0 unspecified atom stereocenters. The first-order valence-corrected chi connectivity index (χ1v) is 5.90. The maximum absolute atomic E-state index is 4.14. The standard InChI is InChI=1S/C10H18N4S/c1-2-3-4-11-9-7-10(12-5-6-15)14-8-13-9/h7-8,15H,2-6H2,1H3,(H2,11,12,13,14). The summed E-state index contributed by atoms with van der Waals surface area (Å²) in [4.78, 5) is 8.25. The summed E-state index contributed by atoms with van der Waals surface area (Å²) < 4.78 is 0. The van der Waals surface area contributed by atoms with E-state index in [4.69, 9.17) is 0 Å². The quantitative estimate of drug-likeness (QED) is 0.492. The normalized spacial score (nSPS) is 10.0. The second-order valence-electron chi connectivity index (χ2n) is 3.22. The van der Waals surface area contributed by atoms with Crippen molar-refractivity contribution in [3.8, 4) is 0 Å². The Kier molecular flexibility index (Phi) is 5.92. The maximum Gasteiger partial charge on any atom is 0.131 e. The van der Waals surface area contributed by atoms with Gasteiger partial charge in [-0.1, -0.05) is 13.3 Å². The second-order valence-corrected chi connectivity index (χ2v) is 3.67. The van der Waals surface area contributed by atoms with E-state index in [1.807, 2.05) is 6.07 Å². The molecule has 0 fully saturated rings. The minimum absolute atomic E-state index is 0.794. The molecule has 5 heteroatoms. The fraction of sp³-hybridized carbons (Fsp3) is 0.600. The van der Waals surface area contributed by atoms with Crippen LogP contribution in [0.1, 0.15) is 19.8 Å². The van der Waals surface area contributed by atoms with Gasteiger partial charge in [-0.15, -0.1) is 0 Å². The molecule has 0 aliphatic rings. The molecule has 1 aromatic heterocycles. The number of hydrogen-bond donors (Lipinski definition) is 3. The van der Waals surface area contributed by atoms with E-state index >= 15 is 0 Å². The van der Waals surface area contributed by atoms with Crippen molar-refractivity contribution in [2.24, 2.45) is 0 Å². The summed E-state index contributed by atoms with van der Waals surface area (Å²) in [6.07, 6.45) is 3.90. The Labute approximate surface area is 96.3 Å². The van der Waals surface area contributed by atoms with Crippen molar-refractivity contribution in [2.45, 2.75) is 19.8 Å². The van der Waals surface area contributed by atoms with E-state index in [2.05, 4.69) is 40.2 Å². The third-order valence-corrected chi connectivity index (χ3v) is 2.15. The van der Waals surface area contributed by atoms with Gasteiger partial charge in [0.2, 0.25) is 0 Å². The van der Waals surface area contributed by atoms with Gasteiger partial charge in [0.15, 0.2) is 0 Å². The Morgan fingerprint density at radius 2 is 1.87 bits per heavy atom. The van der Waals surface area contributed by atoms with Crippen LogP contribution in [-0.2, 0) is 0 Å². The second kappa shape index (κ2) is 7.34. The summed E-state index contributed by atoms with van der Waals surface area (Å²) in [5.74, 6) is 2.51. The van der Waals surface area contributed by atoms with Gasteiger partial charge in [0.1, 0.15) is 18.0 Å². The van der Waals surface area contributed by atoms with Gasteiger partial charge >= 0.3 is 0 Å². The third-order valence-electron chi connectivity index (χ3n) is 1.92. The van der Waals surface area contributed by atoms with Gasteiger partial charge in [0.05, 0.1) is 0 Å². The molecule has 1 rings (SSSR count). The third kappa shape index (κ3) is 4.88. The molecular weight excluding hydrogens is 208 g/mol. The van der Waals surface area contributed by atoms with Gasteiger partial charge in [0, 0.05) is 24.9 Å². The molecule has 1 heterocycles. The SMILES string of the molecule is CCCCNc1cc(NCCS)ncn1. The van der Waals surface area contributed by atoms with E-state index in [-0.39, 0.29) is 0 Å². The van der Waals surface area contributed by atoms with Gasteiger partial charge in [-0.05, 0) is 6.42 Å². The summed E-state index contributed by atoms with van der Waals surface area (Å²) >= 11 is 4.12. The first kappa shape index (κ1) is 12.1. The lowest BCUT2D eigenvalue weighted by Crippen LogP contribution is -2.07. The molecule has 0 aliphatic heterocycles. The van der Waals surface area contributed by atoms with Gasteiger partial charge in [-0.3, -0.25) is 0 Å². The fourth-order valence-electron chi connectivity index (χ4n) is 1.13. The molecule has 0 atom stereocenters. The van der Waals surface area contributed by atoms with E-state index in [1.54, 1.807) is 6.33 Å². The van der Waals surface area contributed by atoms with Crippen LogP contribution in [0.25, 0.3) is 0 Å². The molecule has 0 saturated carbocycles. The van der Waals surface area contributed by atoms with Crippen LogP contribution in [0.5, 0.6) is 0 Å². The summed E-state index contributed by atoms with van der Waals surface area (Å²) in [6, 6.07) is 1.92. The van der Waals surface area contributed by atoms with Crippen LogP contribution < -0.4 is 10.6 Å². The molecule has 1 aromatic rings. The zero-order chi connectivity index (χ0) is 10.9. The van der Waals surface area contributed by atoms with Crippen LogP contribution in [-0.4, -0.2) is 28.8 Å². The van der Waals surface area contributed by atoms with Crippen molar-refractivity contribution in [2.75, 3.05) is 29.5 Å². The van der Waals surface area contributed by atoms with Gasteiger partial charge in [0.25, 0.3) is 0 Å². The lowest BCUT2D eigenvalue weighted by molar-refractivity contribution is 0.830. The number of unbranched alkanes of at least 4 members (excludes halogenated alkanes) is 1. The summed E-state index contributed by atoms with van der Waals surface area (Å²) in [6.45, 7) is 3.94. The average molecular weight is 226 g/mol. The van der Waals surface area contributed by atoms with Crippen molar-refractivity contribution >= 4 is 24.3 Å². The molecule has 0 spiro atoms. The molecule has 0 aromatic carbocycles. The highest BCUT2D eigenvalue weighted by molar-refractivity contribution is 7.80. The molecule has 0 bridgehead atoms. The highest BCUT2D eigenvalue weighted by Gasteiger charge is 1.96. The van der Waals surface area contributed by atoms with Crippen molar-refractivity contribution in [1.29, 1.82) is 0 Å². The van der Waals surface area contributed by atoms with Crippen LogP contribution in [0.2, 0.25) is 0 Å². The van der Waals surface area contributed by atoms with Gasteiger partial charge in [-0.2, -0.15) is 12.6 Å². The number of rotatable bonds is 7. The largest absolute Gasteiger partial charge is 0.370 e. The number of hydrogen-bond acceptors (Lipinski definition) is 5. The highest BCUT2D eigenvalue weighted by Crippen LogP contribution is 2.08. The molecule has 0 aliphatic carbocycles. The number of aromatic nitrogens is 2. The van der Waals surface area contributed by atoms with Crippen molar-refractivity contribution in [3.05, 3.63) is 12.4 Å².